The predicted octanol–water partition coefficient (Wildman–Crippen LogP) is 0.167. The van der Waals surface area contributed by atoms with Gasteiger partial charge >= 0.3 is 11.8 Å². The number of benzene rings is 1. The van der Waals surface area contributed by atoms with Crippen molar-refractivity contribution in [2.24, 2.45) is 0 Å². The van der Waals surface area contributed by atoms with Gasteiger partial charge in [0.15, 0.2) is 0 Å². The summed E-state index contributed by atoms with van der Waals surface area (Å²) in [5.74, 6) is -0.912. The molecule has 0 atom stereocenters. The highest BCUT2D eigenvalue weighted by Gasteiger charge is 2.21. The zero-order chi connectivity index (χ0) is 14.2. The zero-order valence-electron chi connectivity index (χ0n) is 11.6. The van der Waals surface area contributed by atoms with Gasteiger partial charge in [-0.25, -0.2) is 0 Å². The number of rotatable bonds is 3. The van der Waals surface area contributed by atoms with Gasteiger partial charge in [-0.15, -0.1) is 0 Å². The van der Waals surface area contributed by atoms with Crippen LogP contribution in [0.4, 0.5) is 0 Å². The third kappa shape index (κ3) is 4.35. The Morgan fingerprint density at radius 1 is 1.15 bits per heavy atom. The van der Waals surface area contributed by atoms with Crippen LogP contribution in [0, 0.1) is 0 Å². The molecule has 1 aromatic rings. The molecule has 5 heteroatoms. The number of nitrogens with one attached hydrogen (secondary N) is 2. The second-order valence-electron chi connectivity index (χ2n) is 4.89. The molecule has 1 aliphatic rings. The minimum atomic E-state index is -0.497. The average Bonchev–Trinajstić information content (AvgIpc) is 2.76. The van der Waals surface area contributed by atoms with E-state index in [0.717, 1.165) is 31.5 Å². The maximum Gasteiger partial charge on any atom is 0.311 e. The van der Waals surface area contributed by atoms with Crippen molar-refractivity contribution in [2.45, 2.75) is 12.8 Å². The van der Waals surface area contributed by atoms with Crippen LogP contribution in [-0.2, 0) is 16.0 Å². The van der Waals surface area contributed by atoms with E-state index in [1.165, 1.54) is 0 Å². The second-order valence-corrected chi connectivity index (χ2v) is 4.89. The summed E-state index contributed by atoms with van der Waals surface area (Å²) in [4.78, 5) is 25.4. The SMILES string of the molecule is O=C(NCCc1ccccc1)C(=O)N1CCCNCC1. The highest BCUT2D eigenvalue weighted by atomic mass is 16.2. The molecule has 5 nitrogen and oxygen atoms in total. The van der Waals surface area contributed by atoms with Crippen LogP contribution in [0.5, 0.6) is 0 Å². The monoisotopic (exact) mass is 275 g/mol. The summed E-state index contributed by atoms with van der Waals surface area (Å²) >= 11 is 0. The van der Waals surface area contributed by atoms with Crippen LogP contribution in [-0.4, -0.2) is 49.4 Å². The molecular formula is C15H21N3O2. The lowest BCUT2D eigenvalue weighted by Gasteiger charge is -2.19. The molecule has 1 aliphatic heterocycles. The number of hydrogen-bond acceptors (Lipinski definition) is 3. The van der Waals surface area contributed by atoms with Crippen molar-refractivity contribution >= 4 is 11.8 Å². The highest BCUT2D eigenvalue weighted by molar-refractivity contribution is 6.35. The van der Waals surface area contributed by atoms with Gasteiger partial charge in [0.05, 0.1) is 0 Å². The number of hydrogen-bond donors (Lipinski definition) is 2. The van der Waals surface area contributed by atoms with Crippen LogP contribution in [0.1, 0.15) is 12.0 Å². The first-order valence-corrected chi connectivity index (χ1v) is 7.09. The van der Waals surface area contributed by atoms with Crippen LogP contribution in [0.3, 0.4) is 0 Å². The van der Waals surface area contributed by atoms with Crippen molar-refractivity contribution in [3.05, 3.63) is 35.9 Å². The number of carbonyl (C=O) groups excluding carboxylic acids is 2. The minimum Gasteiger partial charge on any atom is -0.347 e. The Labute approximate surface area is 119 Å². The van der Waals surface area contributed by atoms with Gasteiger partial charge in [0.2, 0.25) is 0 Å². The molecular weight excluding hydrogens is 254 g/mol. The summed E-state index contributed by atoms with van der Waals surface area (Å²) in [5.41, 5.74) is 1.15. The first kappa shape index (κ1) is 14.5. The van der Waals surface area contributed by atoms with Crippen LogP contribution in [0.2, 0.25) is 0 Å². The quantitative estimate of drug-likeness (QED) is 0.773. The molecule has 0 aromatic heterocycles. The molecule has 108 valence electrons. The van der Waals surface area contributed by atoms with Gasteiger partial charge in [-0.05, 0) is 24.9 Å². The van der Waals surface area contributed by atoms with Gasteiger partial charge < -0.3 is 15.5 Å². The molecule has 0 spiro atoms. The molecule has 1 heterocycles. The topological polar surface area (TPSA) is 61.4 Å². The van der Waals surface area contributed by atoms with Crippen LogP contribution >= 0.6 is 0 Å². The second kappa shape index (κ2) is 7.65. The molecule has 20 heavy (non-hydrogen) atoms. The number of carbonyl (C=O) groups is 2. The molecule has 2 rings (SSSR count). The van der Waals surface area contributed by atoms with Crippen molar-refractivity contribution in [3.8, 4) is 0 Å². The van der Waals surface area contributed by atoms with E-state index in [0.29, 0.717) is 19.6 Å². The zero-order valence-corrected chi connectivity index (χ0v) is 11.6. The first-order chi connectivity index (χ1) is 9.77. The van der Waals surface area contributed by atoms with Gasteiger partial charge in [0.1, 0.15) is 0 Å². The average molecular weight is 275 g/mol. The van der Waals surface area contributed by atoms with Gasteiger partial charge in [-0.3, -0.25) is 9.59 Å². The van der Waals surface area contributed by atoms with Crippen molar-refractivity contribution in [1.29, 1.82) is 0 Å². The molecule has 2 amide bonds. The Kier molecular flexibility index (Phi) is 5.55. The molecule has 0 bridgehead atoms. The van der Waals surface area contributed by atoms with Gasteiger partial charge in [-0.2, -0.15) is 0 Å². The van der Waals surface area contributed by atoms with Crippen LogP contribution in [0.25, 0.3) is 0 Å². The fourth-order valence-corrected chi connectivity index (χ4v) is 2.23. The fraction of sp³-hybridized carbons (Fsp3) is 0.467. The van der Waals surface area contributed by atoms with E-state index in [1.807, 2.05) is 30.3 Å². The fourth-order valence-electron chi connectivity index (χ4n) is 2.23. The molecule has 0 unspecified atom stereocenters. The smallest absolute Gasteiger partial charge is 0.311 e. The van der Waals surface area contributed by atoms with E-state index in [-0.39, 0.29) is 0 Å². The molecule has 1 fully saturated rings. The summed E-state index contributed by atoms with van der Waals surface area (Å²) in [6.45, 7) is 3.39. The highest BCUT2D eigenvalue weighted by Crippen LogP contribution is 1.99. The van der Waals surface area contributed by atoms with Crippen molar-refractivity contribution < 1.29 is 9.59 Å². The largest absolute Gasteiger partial charge is 0.347 e. The Hall–Kier alpha value is -1.88. The van der Waals surface area contributed by atoms with E-state index in [4.69, 9.17) is 0 Å². The normalized spacial score (nSPS) is 15.5. The summed E-state index contributed by atoms with van der Waals surface area (Å²) in [6.07, 6.45) is 1.63. The summed E-state index contributed by atoms with van der Waals surface area (Å²) in [6, 6.07) is 9.90. The molecule has 1 saturated heterocycles. The van der Waals surface area contributed by atoms with Crippen LogP contribution in [0.15, 0.2) is 30.3 Å². The Balaban J connectivity index is 1.75. The van der Waals surface area contributed by atoms with Gasteiger partial charge in [-0.1, -0.05) is 30.3 Å². The van der Waals surface area contributed by atoms with E-state index >= 15 is 0 Å². The maximum absolute atomic E-state index is 12.0. The Morgan fingerprint density at radius 3 is 2.75 bits per heavy atom. The van der Waals surface area contributed by atoms with Crippen molar-refractivity contribution in [1.82, 2.24) is 15.5 Å². The number of amides is 2. The lowest BCUT2D eigenvalue weighted by molar-refractivity contribution is -0.145. The molecule has 0 saturated carbocycles. The summed E-state index contributed by atoms with van der Waals surface area (Å²) in [5, 5.41) is 5.91. The Morgan fingerprint density at radius 2 is 1.95 bits per heavy atom. The minimum absolute atomic E-state index is 0.415. The van der Waals surface area contributed by atoms with Gasteiger partial charge in [0, 0.05) is 26.2 Å². The lowest BCUT2D eigenvalue weighted by Crippen LogP contribution is -2.44. The van der Waals surface area contributed by atoms with Gasteiger partial charge in [0.25, 0.3) is 0 Å². The Bertz CT molecular complexity index is 440. The van der Waals surface area contributed by atoms with Crippen molar-refractivity contribution in [2.75, 3.05) is 32.7 Å². The molecule has 1 aromatic carbocycles. The third-order valence-corrected chi connectivity index (χ3v) is 3.36. The third-order valence-electron chi connectivity index (χ3n) is 3.36. The van der Waals surface area contributed by atoms with E-state index in [2.05, 4.69) is 10.6 Å². The first-order valence-electron chi connectivity index (χ1n) is 7.09. The van der Waals surface area contributed by atoms with Crippen molar-refractivity contribution in [3.63, 3.8) is 0 Å². The van der Waals surface area contributed by atoms with E-state index in [1.54, 1.807) is 4.90 Å². The lowest BCUT2D eigenvalue weighted by atomic mass is 10.1. The number of nitrogens with zero attached hydrogens (tertiary/aromatic N) is 1. The standard InChI is InChI=1S/C15H21N3O2/c19-14(15(20)18-11-4-8-16-10-12-18)17-9-7-13-5-2-1-3-6-13/h1-3,5-6,16H,4,7-12H2,(H,17,19). The van der Waals surface area contributed by atoms with Crippen LogP contribution < -0.4 is 10.6 Å². The molecule has 0 aliphatic carbocycles. The summed E-state index contributed by atoms with van der Waals surface area (Å²) in [7, 11) is 0. The van der Waals surface area contributed by atoms with E-state index < -0.39 is 11.8 Å². The molecule has 0 radical (unpaired) electrons. The summed E-state index contributed by atoms with van der Waals surface area (Å²) < 4.78 is 0. The maximum atomic E-state index is 12.0. The predicted molar refractivity (Wildman–Crippen MR) is 77.2 cm³/mol. The van der Waals surface area contributed by atoms with E-state index in [9.17, 15) is 9.59 Å². The molecule has 2 N–H and O–H groups in total.